The molecule has 0 saturated heterocycles. The van der Waals surface area contributed by atoms with Crippen LogP contribution in [0.25, 0.3) is 0 Å². The van der Waals surface area contributed by atoms with E-state index >= 15 is 0 Å². The summed E-state index contributed by atoms with van der Waals surface area (Å²) in [7, 11) is 0. The van der Waals surface area contributed by atoms with Crippen LogP contribution >= 0.6 is 11.6 Å². The normalized spacial score (nSPS) is 10.8. The number of pyridine rings is 1. The van der Waals surface area contributed by atoms with Crippen LogP contribution in [0, 0.1) is 6.92 Å². The number of hydrogen-bond donors (Lipinski definition) is 2. The minimum absolute atomic E-state index is 0.206. The molecule has 0 aliphatic rings. The molecule has 0 saturated carbocycles. The van der Waals surface area contributed by atoms with Gasteiger partial charge in [0, 0.05) is 34.7 Å². The number of rotatable bonds is 8. The lowest BCUT2D eigenvalue weighted by Gasteiger charge is -2.18. The first-order valence-corrected chi connectivity index (χ1v) is 10.9. The van der Waals surface area contributed by atoms with E-state index < -0.39 is 0 Å². The summed E-state index contributed by atoms with van der Waals surface area (Å²) >= 11 is 5.93. The van der Waals surface area contributed by atoms with Crippen LogP contribution in [0.15, 0.2) is 60.8 Å². The smallest absolute Gasteiger partial charge is 0.274 e. The van der Waals surface area contributed by atoms with E-state index in [1.165, 1.54) is 17.8 Å². The maximum atomic E-state index is 12.8. The third-order valence-electron chi connectivity index (χ3n) is 5.21. The molecule has 2 aromatic carbocycles. The molecule has 0 radical (unpaired) electrons. The Morgan fingerprint density at radius 3 is 2.31 bits per heavy atom. The van der Waals surface area contributed by atoms with Crippen molar-refractivity contribution in [2.45, 2.75) is 27.3 Å². The molecule has 0 atom stereocenters. The first kappa shape index (κ1) is 23.4. The molecule has 166 valence electrons. The molecule has 0 bridgehead atoms. The molecule has 2 amide bonds. The predicted octanol–water partition coefficient (Wildman–Crippen LogP) is 5.39. The van der Waals surface area contributed by atoms with Gasteiger partial charge in [0.2, 0.25) is 0 Å². The van der Waals surface area contributed by atoms with Gasteiger partial charge >= 0.3 is 0 Å². The molecule has 32 heavy (non-hydrogen) atoms. The maximum absolute atomic E-state index is 12.8. The zero-order valence-corrected chi connectivity index (χ0v) is 19.2. The van der Waals surface area contributed by atoms with Crippen molar-refractivity contribution in [3.8, 4) is 0 Å². The van der Waals surface area contributed by atoms with Crippen molar-refractivity contribution in [3.63, 3.8) is 0 Å². The number of benzene rings is 2. The van der Waals surface area contributed by atoms with E-state index in [9.17, 15) is 9.59 Å². The summed E-state index contributed by atoms with van der Waals surface area (Å²) in [6.45, 7) is 8.99. The minimum Gasteiger partial charge on any atom is -0.322 e. The molecule has 6 nitrogen and oxygen atoms in total. The number of carbonyl (C=O) groups excluding carboxylic acids is 2. The van der Waals surface area contributed by atoms with Crippen LogP contribution < -0.4 is 10.6 Å². The van der Waals surface area contributed by atoms with Crippen molar-refractivity contribution in [2.75, 3.05) is 23.7 Å². The first-order chi connectivity index (χ1) is 15.4. The van der Waals surface area contributed by atoms with Crippen molar-refractivity contribution in [1.82, 2.24) is 9.88 Å². The average Bonchev–Trinajstić information content (AvgIpc) is 2.80. The highest BCUT2D eigenvalue weighted by atomic mass is 35.5. The molecule has 1 aromatic heterocycles. The Kier molecular flexibility index (Phi) is 7.98. The molecule has 0 fully saturated rings. The molecule has 1 heterocycles. The van der Waals surface area contributed by atoms with E-state index in [0.29, 0.717) is 22.0 Å². The zero-order valence-electron chi connectivity index (χ0n) is 18.5. The van der Waals surface area contributed by atoms with Crippen molar-refractivity contribution < 1.29 is 9.59 Å². The number of halogens is 1. The number of aromatic nitrogens is 1. The number of hydrogen-bond acceptors (Lipinski definition) is 4. The number of anilines is 2. The summed E-state index contributed by atoms with van der Waals surface area (Å²) in [5, 5.41) is 6.16. The van der Waals surface area contributed by atoms with E-state index in [0.717, 1.165) is 25.2 Å². The van der Waals surface area contributed by atoms with Gasteiger partial charge in [-0.1, -0.05) is 43.6 Å². The van der Waals surface area contributed by atoms with Crippen LogP contribution in [0.5, 0.6) is 0 Å². The fourth-order valence-corrected chi connectivity index (χ4v) is 3.38. The minimum atomic E-state index is -0.377. The monoisotopic (exact) mass is 450 g/mol. The molecule has 3 aromatic rings. The van der Waals surface area contributed by atoms with Crippen LogP contribution in [0.3, 0.4) is 0 Å². The second-order valence-electron chi connectivity index (χ2n) is 7.46. The van der Waals surface area contributed by atoms with Gasteiger partial charge in [0.25, 0.3) is 11.8 Å². The van der Waals surface area contributed by atoms with Crippen molar-refractivity contribution in [2.24, 2.45) is 0 Å². The van der Waals surface area contributed by atoms with Gasteiger partial charge in [-0.3, -0.25) is 19.5 Å². The lowest BCUT2D eigenvalue weighted by molar-refractivity contribution is 0.101. The number of aryl methyl sites for hydroxylation is 1. The van der Waals surface area contributed by atoms with Crippen molar-refractivity contribution in [1.29, 1.82) is 0 Å². The van der Waals surface area contributed by atoms with Gasteiger partial charge in [-0.15, -0.1) is 0 Å². The number of amides is 2. The largest absolute Gasteiger partial charge is 0.322 e. The van der Waals surface area contributed by atoms with Crippen LogP contribution in [0.1, 0.15) is 45.8 Å². The Morgan fingerprint density at radius 2 is 1.66 bits per heavy atom. The molecule has 0 aliphatic heterocycles. The summed E-state index contributed by atoms with van der Waals surface area (Å²) in [6.07, 6.45) is 1.48. The summed E-state index contributed by atoms with van der Waals surface area (Å²) in [4.78, 5) is 31.6. The lowest BCUT2D eigenvalue weighted by Crippen LogP contribution is -2.22. The van der Waals surface area contributed by atoms with Crippen molar-refractivity contribution in [3.05, 3.63) is 88.2 Å². The highest BCUT2D eigenvalue weighted by molar-refractivity contribution is 6.31. The van der Waals surface area contributed by atoms with E-state index in [-0.39, 0.29) is 17.5 Å². The Balaban J connectivity index is 1.69. The summed E-state index contributed by atoms with van der Waals surface area (Å²) < 4.78 is 0. The van der Waals surface area contributed by atoms with E-state index in [2.05, 4.69) is 34.4 Å². The fraction of sp³-hybridized carbons (Fsp3) is 0.240. The zero-order chi connectivity index (χ0) is 23.1. The highest BCUT2D eigenvalue weighted by Gasteiger charge is 2.12. The molecular weight excluding hydrogens is 424 g/mol. The summed E-state index contributed by atoms with van der Waals surface area (Å²) in [5.74, 6) is -0.583. The molecular formula is C25H27ClN4O2. The third-order valence-corrected chi connectivity index (χ3v) is 5.45. The van der Waals surface area contributed by atoms with Gasteiger partial charge in [0.15, 0.2) is 0 Å². The predicted molar refractivity (Wildman–Crippen MR) is 129 cm³/mol. The van der Waals surface area contributed by atoms with Crippen LogP contribution in [-0.4, -0.2) is 34.8 Å². The Morgan fingerprint density at radius 1 is 0.938 bits per heavy atom. The van der Waals surface area contributed by atoms with Gasteiger partial charge < -0.3 is 10.6 Å². The van der Waals surface area contributed by atoms with E-state index in [4.69, 9.17) is 11.6 Å². The topological polar surface area (TPSA) is 74.3 Å². The molecule has 0 aliphatic carbocycles. The standard InChI is InChI=1S/C25H27ClN4O2/c1-4-30(5-2)16-18-7-9-19(10-8-18)24(31)29-22-15-21(11-6-17(22)3)28-25(32)23-14-20(26)12-13-27-23/h6-15H,4-5,16H2,1-3H3,(H,28,32)(H,29,31). The van der Waals surface area contributed by atoms with Gasteiger partial charge in [-0.2, -0.15) is 0 Å². The van der Waals surface area contributed by atoms with Crippen LogP contribution in [0.4, 0.5) is 11.4 Å². The molecule has 0 unspecified atom stereocenters. The Bertz CT molecular complexity index is 1100. The maximum Gasteiger partial charge on any atom is 0.274 e. The SMILES string of the molecule is CCN(CC)Cc1ccc(C(=O)Nc2cc(NC(=O)c3cc(Cl)ccn3)ccc2C)cc1. The molecule has 7 heteroatoms. The number of nitrogens with one attached hydrogen (secondary N) is 2. The lowest BCUT2D eigenvalue weighted by atomic mass is 10.1. The number of carbonyl (C=O) groups is 2. The van der Waals surface area contributed by atoms with Gasteiger partial charge in [-0.25, -0.2) is 0 Å². The summed E-state index contributed by atoms with van der Waals surface area (Å²) in [6, 6.07) is 16.1. The van der Waals surface area contributed by atoms with E-state index in [1.807, 2.05) is 37.3 Å². The first-order valence-electron chi connectivity index (χ1n) is 10.6. The number of nitrogens with zero attached hydrogens (tertiary/aromatic N) is 2. The third kappa shape index (κ3) is 6.15. The van der Waals surface area contributed by atoms with E-state index in [1.54, 1.807) is 18.2 Å². The second kappa shape index (κ2) is 10.9. The fourth-order valence-electron chi connectivity index (χ4n) is 3.22. The average molecular weight is 451 g/mol. The van der Waals surface area contributed by atoms with Crippen molar-refractivity contribution >= 4 is 34.8 Å². The molecule has 0 spiro atoms. The Hall–Kier alpha value is -3.22. The van der Waals surface area contributed by atoms with Crippen LogP contribution in [-0.2, 0) is 6.54 Å². The molecule has 3 rings (SSSR count). The summed E-state index contributed by atoms with van der Waals surface area (Å²) in [5.41, 5.74) is 4.01. The quantitative estimate of drug-likeness (QED) is 0.482. The highest BCUT2D eigenvalue weighted by Crippen LogP contribution is 2.22. The Labute approximate surface area is 193 Å². The molecule has 2 N–H and O–H groups in total. The second-order valence-corrected chi connectivity index (χ2v) is 7.89. The van der Waals surface area contributed by atoms with Crippen LogP contribution in [0.2, 0.25) is 5.02 Å². The van der Waals surface area contributed by atoms with Gasteiger partial charge in [-0.05, 0) is 67.5 Å². The van der Waals surface area contributed by atoms with Gasteiger partial charge in [0.05, 0.1) is 0 Å². The van der Waals surface area contributed by atoms with Gasteiger partial charge in [0.1, 0.15) is 5.69 Å².